The molecule has 1 atom stereocenters. The molecule has 2 heterocycles. The highest BCUT2D eigenvalue weighted by atomic mass is 16.5. The molecule has 0 unspecified atom stereocenters. The van der Waals surface area contributed by atoms with Crippen LogP contribution in [-0.4, -0.2) is 42.2 Å². The van der Waals surface area contributed by atoms with Gasteiger partial charge in [0.2, 0.25) is 5.91 Å². The van der Waals surface area contributed by atoms with E-state index in [4.69, 9.17) is 9.47 Å². The Balaban J connectivity index is 1.66. The highest BCUT2D eigenvalue weighted by molar-refractivity contribution is 5.76. The molecule has 1 N–H and O–H groups in total. The van der Waals surface area contributed by atoms with Gasteiger partial charge in [-0.15, -0.1) is 0 Å². The summed E-state index contributed by atoms with van der Waals surface area (Å²) in [4.78, 5) is 20.2. The number of fused-ring (bicyclic) bond motifs is 1. The maximum atomic E-state index is 11.7. The molecular weight excluding hydrogens is 294 g/mol. The number of methoxy groups -OCH3 is 1. The van der Waals surface area contributed by atoms with Crippen molar-refractivity contribution in [3.05, 3.63) is 42.2 Å². The molecule has 1 aromatic heterocycles. The van der Waals surface area contributed by atoms with Crippen molar-refractivity contribution in [1.29, 1.82) is 0 Å². The van der Waals surface area contributed by atoms with Gasteiger partial charge in [-0.2, -0.15) is 0 Å². The molecule has 120 valence electrons. The molecule has 0 radical (unpaired) electrons. The number of rotatable bonds is 6. The van der Waals surface area contributed by atoms with Gasteiger partial charge in [0.25, 0.3) is 0 Å². The number of para-hydroxylation sites is 1. The summed E-state index contributed by atoms with van der Waals surface area (Å²) in [6.07, 6.45) is 4.48. The van der Waals surface area contributed by atoms with E-state index >= 15 is 0 Å². The van der Waals surface area contributed by atoms with E-state index in [1.54, 1.807) is 25.6 Å². The molecule has 3 rings (SSSR count). The molecule has 6 heteroatoms. The zero-order valence-corrected chi connectivity index (χ0v) is 13.0. The first-order chi connectivity index (χ1) is 11.3. The van der Waals surface area contributed by atoms with Gasteiger partial charge in [0, 0.05) is 32.3 Å². The van der Waals surface area contributed by atoms with Crippen molar-refractivity contribution >= 4 is 5.91 Å². The van der Waals surface area contributed by atoms with Gasteiger partial charge in [0.05, 0.1) is 18.7 Å². The van der Waals surface area contributed by atoms with Crippen LogP contribution in [0.15, 0.2) is 36.7 Å². The van der Waals surface area contributed by atoms with Gasteiger partial charge < -0.3 is 14.8 Å². The highest BCUT2D eigenvalue weighted by Gasteiger charge is 2.26. The Morgan fingerprint density at radius 2 is 2.17 bits per heavy atom. The Morgan fingerprint density at radius 3 is 2.96 bits per heavy atom. The summed E-state index contributed by atoms with van der Waals surface area (Å²) in [5.74, 6) is 1.43. The lowest BCUT2D eigenvalue weighted by atomic mass is 10.1. The molecule has 0 saturated carbocycles. The lowest BCUT2D eigenvalue weighted by Crippen LogP contribution is -2.34. The molecule has 6 nitrogen and oxygen atoms in total. The second-order valence-corrected chi connectivity index (χ2v) is 5.36. The topological polar surface area (TPSA) is 73.3 Å². The van der Waals surface area contributed by atoms with Crippen LogP contribution >= 0.6 is 0 Å². The molecule has 0 fully saturated rings. The third-order valence-electron chi connectivity index (χ3n) is 3.70. The molecular formula is C17H19N3O3. The standard InChI is InChI=1S/C17H19N3O3/c1-22-9-6-15(21)20-11-13-10-12-4-2-5-14(16(12)23-13)17-18-7-3-8-19-17/h2-5,7-8,13H,6,9-11H2,1H3,(H,20,21)/t13-/m1/s1. The minimum Gasteiger partial charge on any atom is -0.487 e. The maximum absolute atomic E-state index is 11.7. The fourth-order valence-corrected chi connectivity index (χ4v) is 2.58. The van der Waals surface area contributed by atoms with Gasteiger partial charge in [-0.25, -0.2) is 9.97 Å². The molecule has 0 aliphatic carbocycles. The van der Waals surface area contributed by atoms with E-state index in [2.05, 4.69) is 15.3 Å². The van der Waals surface area contributed by atoms with Gasteiger partial charge in [0.1, 0.15) is 11.9 Å². The fraction of sp³-hybridized carbons (Fsp3) is 0.353. The van der Waals surface area contributed by atoms with Crippen molar-refractivity contribution in [2.75, 3.05) is 20.3 Å². The van der Waals surface area contributed by atoms with E-state index in [9.17, 15) is 4.79 Å². The van der Waals surface area contributed by atoms with Crippen molar-refractivity contribution in [3.8, 4) is 17.1 Å². The average Bonchev–Trinajstić information content (AvgIpc) is 3.02. The Labute approximate surface area is 134 Å². The first-order valence-electron chi connectivity index (χ1n) is 7.59. The van der Waals surface area contributed by atoms with Crippen LogP contribution in [0.5, 0.6) is 5.75 Å². The van der Waals surface area contributed by atoms with Crippen molar-refractivity contribution in [3.63, 3.8) is 0 Å². The monoisotopic (exact) mass is 313 g/mol. The number of nitrogens with one attached hydrogen (secondary N) is 1. The predicted molar refractivity (Wildman–Crippen MR) is 85.1 cm³/mol. The summed E-state index contributed by atoms with van der Waals surface area (Å²) in [6, 6.07) is 7.75. The number of hydrogen-bond acceptors (Lipinski definition) is 5. The van der Waals surface area contributed by atoms with Gasteiger partial charge in [-0.3, -0.25) is 4.79 Å². The summed E-state index contributed by atoms with van der Waals surface area (Å²) < 4.78 is 10.9. The number of hydrogen-bond donors (Lipinski definition) is 1. The zero-order valence-electron chi connectivity index (χ0n) is 13.0. The van der Waals surface area contributed by atoms with Crippen molar-refractivity contribution in [1.82, 2.24) is 15.3 Å². The first kappa shape index (κ1) is 15.4. The van der Waals surface area contributed by atoms with Gasteiger partial charge in [-0.1, -0.05) is 12.1 Å². The second-order valence-electron chi connectivity index (χ2n) is 5.36. The molecule has 0 bridgehead atoms. The summed E-state index contributed by atoms with van der Waals surface area (Å²) in [5.41, 5.74) is 2.00. The maximum Gasteiger partial charge on any atom is 0.222 e. The fourth-order valence-electron chi connectivity index (χ4n) is 2.58. The number of ether oxygens (including phenoxy) is 2. The van der Waals surface area contributed by atoms with Crippen LogP contribution < -0.4 is 10.1 Å². The van der Waals surface area contributed by atoms with E-state index in [0.29, 0.717) is 25.4 Å². The average molecular weight is 313 g/mol. The third-order valence-corrected chi connectivity index (χ3v) is 3.70. The summed E-state index contributed by atoms with van der Waals surface area (Å²) in [7, 11) is 1.58. The lowest BCUT2D eigenvalue weighted by molar-refractivity contribution is -0.122. The number of amides is 1. The molecule has 0 saturated heterocycles. The van der Waals surface area contributed by atoms with E-state index in [1.165, 1.54) is 0 Å². The predicted octanol–water partition coefficient (Wildman–Crippen LogP) is 1.60. The largest absolute Gasteiger partial charge is 0.487 e. The quantitative estimate of drug-likeness (QED) is 0.877. The summed E-state index contributed by atoms with van der Waals surface area (Å²) in [6.45, 7) is 0.902. The van der Waals surface area contributed by atoms with Crippen LogP contribution in [0, 0.1) is 0 Å². The van der Waals surface area contributed by atoms with E-state index in [0.717, 1.165) is 23.3 Å². The lowest BCUT2D eigenvalue weighted by Gasteiger charge is -2.13. The van der Waals surface area contributed by atoms with E-state index in [-0.39, 0.29) is 12.0 Å². The zero-order chi connectivity index (χ0) is 16.1. The Hall–Kier alpha value is -2.47. The van der Waals surface area contributed by atoms with Crippen LogP contribution in [0.25, 0.3) is 11.4 Å². The van der Waals surface area contributed by atoms with Gasteiger partial charge in [-0.05, 0) is 17.7 Å². The number of aromatic nitrogens is 2. The minimum absolute atomic E-state index is 0.0296. The van der Waals surface area contributed by atoms with Crippen LogP contribution in [0.3, 0.4) is 0 Å². The summed E-state index contributed by atoms with van der Waals surface area (Å²) in [5, 5.41) is 2.88. The molecule has 1 aliphatic heterocycles. The number of carbonyl (C=O) groups is 1. The highest BCUT2D eigenvalue weighted by Crippen LogP contribution is 2.37. The Kier molecular flexibility index (Phi) is 4.83. The first-order valence-corrected chi connectivity index (χ1v) is 7.59. The van der Waals surface area contributed by atoms with Crippen LogP contribution in [0.2, 0.25) is 0 Å². The molecule has 1 aliphatic rings. The molecule has 1 aromatic carbocycles. The smallest absolute Gasteiger partial charge is 0.222 e. The molecule has 2 aromatic rings. The van der Waals surface area contributed by atoms with Crippen LogP contribution in [0.1, 0.15) is 12.0 Å². The normalized spacial score (nSPS) is 15.8. The number of nitrogens with zero attached hydrogens (tertiary/aromatic N) is 2. The van der Waals surface area contributed by atoms with E-state index < -0.39 is 0 Å². The second kappa shape index (κ2) is 7.19. The van der Waals surface area contributed by atoms with Crippen LogP contribution in [0.4, 0.5) is 0 Å². The SMILES string of the molecule is COCCC(=O)NC[C@H]1Cc2cccc(-c3ncccn3)c2O1. The Morgan fingerprint density at radius 1 is 1.35 bits per heavy atom. The molecule has 1 amide bonds. The van der Waals surface area contributed by atoms with E-state index in [1.807, 2.05) is 18.2 Å². The van der Waals surface area contributed by atoms with Crippen molar-refractivity contribution < 1.29 is 14.3 Å². The Bertz CT molecular complexity index is 676. The minimum atomic E-state index is -0.0682. The molecule has 0 spiro atoms. The number of carbonyl (C=O) groups excluding carboxylic acids is 1. The van der Waals surface area contributed by atoms with Crippen molar-refractivity contribution in [2.24, 2.45) is 0 Å². The number of benzene rings is 1. The van der Waals surface area contributed by atoms with Gasteiger partial charge in [0.15, 0.2) is 5.82 Å². The van der Waals surface area contributed by atoms with Gasteiger partial charge >= 0.3 is 0 Å². The molecule has 23 heavy (non-hydrogen) atoms. The summed E-state index contributed by atoms with van der Waals surface area (Å²) >= 11 is 0. The third kappa shape index (κ3) is 3.65. The van der Waals surface area contributed by atoms with Crippen LogP contribution in [-0.2, 0) is 16.0 Å². The van der Waals surface area contributed by atoms with Crippen molar-refractivity contribution in [2.45, 2.75) is 18.9 Å².